The molecule has 2 rings (SSSR count). The zero-order valence-corrected chi connectivity index (χ0v) is 9.15. The van der Waals surface area contributed by atoms with Crippen LogP contribution in [0.1, 0.15) is 44.9 Å². The first-order chi connectivity index (χ1) is 7.37. The molecular weight excluding hydrogens is 184 g/mol. The van der Waals surface area contributed by atoms with Gasteiger partial charge in [-0.15, -0.1) is 0 Å². The normalized spacial score (nSPS) is 21.3. The molecule has 1 fully saturated rings. The summed E-state index contributed by atoms with van der Waals surface area (Å²) in [5.74, 6) is 0. The maximum Gasteiger partial charge on any atom is 0.131 e. The predicted octanol–water partition coefficient (Wildman–Crippen LogP) is 3.45. The average Bonchev–Trinajstić information content (AvgIpc) is 2.72. The topological polar surface area (TPSA) is 28.7 Å². The third kappa shape index (κ3) is 2.07. The minimum Gasteiger partial charge on any atom is -0.335 e. The molecule has 1 aromatic heterocycles. The van der Waals surface area contributed by atoms with Gasteiger partial charge < -0.3 is 4.57 Å². The maximum atomic E-state index is 9.46. The lowest BCUT2D eigenvalue weighted by Gasteiger charge is -2.30. The van der Waals surface area contributed by atoms with Gasteiger partial charge in [0.05, 0.1) is 6.07 Å². The van der Waals surface area contributed by atoms with E-state index >= 15 is 0 Å². The summed E-state index contributed by atoms with van der Waals surface area (Å²) in [5, 5.41) is 9.46. The Kier molecular flexibility index (Phi) is 3.11. The van der Waals surface area contributed by atoms with Crippen LogP contribution in [0.3, 0.4) is 0 Å². The Morgan fingerprint density at radius 2 is 1.47 bits per heavy atom. The molecule has 0 saturated heterocycles. The Morgan fingerprint density at radius 3 is 2.00 bits per heavy atom. The zero-order valence-electron chi connectivity index (χ0n) is 9.15. The fraction of sp³-hybridized carbons (Fsp3) is 0.615. The molecule has 1 heterocycles. The lowest BCUT2D eigenvalue weighted by atomic mass is 9.85. The minimum atomic E-state index is -0.260. The van der Waals surface area contributed by atoms with Gasteiger partial charge in [-0.05, 0) is 25.0 Å². The lowest BCUT2D eigenvalue weighted by molar-refractivity contribution is 0.287. The van der Waals surface area contributed by atoms with Crippen LogP contribution in [0.2, 0.25) is 0 Å². The summed E-state index contributed by atoms with van der Waals surface area (Å²) < 4.78 is 2.11. The van der Waals surface area contributed by atoms with E-state index in [1.54, 1.807) is 0 Å². The van der Waals surface area contributed by atoms with E-state index in [0.717, 1.165) is 12.8 Å². The molecule has 2 heteroatoms. The van der Waals surface area contributed by atoms with Crippen molar-refractivity contribution in [1.82, 2.24) is 4.57 Å². The van der Waals surface area contributed by atoms with Crippen LogP contribution in [0.5, 0.6) is 0 Å². The van der Waals surface area contributed by atoms with Crippen molar-refractivity contribution in [2.45, 2.75) is 50.5 Å². The Balaban J connectivity index is 2.22. The molecule has 80 valence electrons. The van der Waals surface area contributed by atoms with Crippen LogP contribution in [0.4, 0.5) is 0 Å². The summed E-state index contributed by atoms with van der Waals surface area (Å²) in [7, 11) is 0. The number of nitriles is 1. The van der Waals surface area contributed by atoms with E-state index in [-0.39, 0.29) is 5.54 Å². The number of hydrogen-bond acceptors (Lipinski definition) is 1. The monoisotopic (exact) mass is 202 g/mol. The molecule has 15 heavy (non-hydrogen) atoms. The Hall–Kier alpha value is -1.23. The van der Waals surface area contributed by atoms with Gasteiger partial charge in [-0.3, -0.25) is 0 Å². The summed E-state index contributed by atoms with van der Waals surface area (Å²) in [4.78, 5) is 0. The number of hydrogen-bond donors (Lipinski definition) is 0. The first kappa shape index (κ1) is 10.3. The summed E-state index contributed by atoms with van der Waals surface area (Å²) in [6.07, 6.45) is 12.4. The Bertz CT molecular complexity index is 324. The quantitative estimate of drug-likeness (QED) is 0.685. The molecule has 0 unspecified atom stereocenters. The molecule has 0 aromatic carbocycles. The number of rotatable bonds is 1. The van der Waals surface area contributed by atoms with E-state index in [1.807, 2.05) is 24.5 Å². The van der Waals surface area contributed by atoms with Crippen molar-refractivity contribution >= 4 is 0 Å². The van der Waals surface area contributed by atoms with E-state index in [1.165, 1.54) is 32.1 Å². The standard InChI is InChI=1S/C13H18N2/c14-12-13(15-10-6-7-11-15)8-4-2-1-3-5-9-13/h6-7,10-11H,1-5,8-9H2. The zero-order chi connectivity index (χ0) is 10.6. The molecule has 0 bridgehead atoms. The number of aromatic nitrogens is 1. The largest absolute Gasteiger partial charge is 0.335 e. The van der Waals surface area contributed by atoms with Crippen LogP contribution in [-0.2, 0) is 5.54 Å². The van der Waals surface area contributed by atoms with E-state index in [0.29, 0.717) is 0 Å². The number of nitrogens with zero attached hydrogens (tertiary/aromatic N) is 2. The van der Waals surface area contributed by atoms with Crippen molar-refractivity contribution < 1.29 is 0 Å². The average molecular weight is 202 g/mol. The molecule has 0 atom stereocenters. The van der Waals surface area contributed by atoms with Gasteiger partial charge in [0.25, 0.3) is 0 Å². The predicted molar refractivity (Wildman–Crippen MR) is 60.3 cm³/mol. The summed E-state index contributed by atoms with van der Waals surface area (Å²) >= 11 is 0. The molecule has 1 aliphatic rings. The van der Waals surface area contributed by atoms with Crippen molar-refractivity contribution in [3.05, 3.63) is 24.5 Å². The highest BCUT2D eigenvalue weighted by Crippen LogP contribution is 2.32. The van der Waals surface area contributed by atoms with Crippen molar-refractivity contribution in [3.8, 4) is 6.07 Å². The van der Waals surface area contributed by atoms with Gasteiger partial charge in [-0.2, -0.15) is 5.26 Å². The molecule has 0 N–H and O–H groups in total. The van der Waals surface area contributed by atoms with E-state index in [9.17, 15) is 5.26 Å². The van der Waals surface area contributed by atoms with E-state index in [2.05, 4.69) is 10.6 Å². The van der Waals surface area contributed by atoms with Gasteiger partial charge in [-0.25, -0.2) is 0 Å². The third-order valence-electron chi connectivity index (χ3n) is 3.49. The second-order valence-electron chi connectivity index (χ2n) is 4.50. The highest BCUT2D eigenvalue weighted by molar-refractivity contribution is 5.09. The maximum absolute atomic E-state index is 9.46. The molecule has 1 saturated carbocycles. The van der Waals surface area contributed by atoms with Gasteiger partial charge in [0.2, 0.25) is 0 Å². The van der Waals surface area contributed by atoms with Crippen molar-refractivity contribution in [3.63, 3.8) is 0 Å². The fourth-order valence-electron chi connectivity index (χ4n) is 2.54. The molecule has 0 spiro atoms. The third-order valence-corrected chi connectivity index (χ3v) is 3.49. The molecule has 0 aliphatic heterocycles. The van der Waals surface area contributed by atoms with Crippen molar-refractivity contribution in [1.29, 1.82) is 5.26 Å². The minimum absolute atomic E-state index is 0.260. The second kappa shape index (κ2) is 4.53. The fourth-order valence-corrected chi connectivity index (χ4v) is 2.54. The van der Waals surface area contributed by atoms with Gasteiger partial charge in [0.1, 0.15) is 5.54 Å². The molecule has 2 nitrogen and oxygen atoms in total. The van der Waals surface area contributed by atoms with Gasteiger partial charge >= 0.3 is 0 Å². The van der Waals surface area contributed by atoms with Crippen LogP contribution in [0, 0.1) is 11.3 Å². The van der Waals surface area contributed by atoms with Crippen LogP contribution in [0.25, 0.3) is 0 Å². The van der Waals surface area contributed by atoms with Crippen molar-refractivity contribution in [2.24, 2.45) is 0 Å². The van der Waals surface area contributed by atoms with E-state index < -0.39 is 0 Å². The molecular formula is C13H18N2. The Labute approximate surface area is 91.5 Å². The summed E-state index contributed by atoms with van der Waals surface area (Å²) in [6, 6.07) is 6.57. The molecule has 1 aliphatic carbocycles. The first-order valence-corrected chi connectivity index (χ1v) is 5.92. The van der Waals surface area contributed by atoms with Crippen molar-refractivity contribution in [2.75, 3.05) is 0 Å². The smallest absolute Gasteiger partial charge is 0.131 e. The summed E-state index contributed by atoms with van der Waals surface area (Å²) in [5.41, 5.74) is -0.260. The Morgan fingerprint density at radius 1 is 0.933 bits per heavy atom. The van der Waals surface area contributed by atoms with Crippen LogP contribution < -0.4 is 0 Å². The van der Waals surface area contributed by atoms with Gasteiger partial charge in [-0.1, -0.05) is 32.1 Å². The van der Waals surface area contributed by atoms with E-state index in [4.69, 9.17) is 0 Å². The van der Waals surface area contributed by atoms with Gasteiger partial charge in [0.15, 0.2) is 0 Å². The lowest BCUT2D eigenvalue weighted by Crippen LogP contribution is -2.31. The van der Waals surface area contributed by atoms with Crippen LogP contribution in [0.15, 0.2) is 24.5 Å². The highest BCUT2D eigenvalue weighted by atomic mass is 15.0. The second-order valence-corrected chi connectivity index (χ2v) is 4.50. The first-order valence-electron chi connectivity index (χ1n) is 5.92. The van der Waals surface area contributed by atoms with Crippen LogP contribution in [-0.4, -0.2) is 4.57 Å². The molecule has 0 amide bonds. The highest BCUT2D eigenvalue weighted by Gasteiger charge is 2.31. The molecule has 1 aromatic rings. The van der Waals surface area contributed by atoms with Gasteiger partial charge in [0, 0.05) is 12.4 Å². The summed E-state index contributed by atoms with van der Waals surface area (Å²) in [6.45, 7) is 0. The van der Waals surface area contributed by atoms with Crippen LogP contribution >= 0.6 is 0 Å². The SMILES string of the molecule is N#CC1(n2cccc2)CCCCCCC1. The molecule has 0 radical (unpaired) electrons.